The van der Waals surface area contributed by atoms with Crippen molar-refractivity contribution in [3.8, 4) is 5.69 Å². The molecule has 2 aromatic rings. The zero-order valence-corrected chi connectivity index (χ0v) is 14.8. The summed E-state index contributed by atoms with van der Waals surface area (Å²) in [6, 6.07) is 7.39. The minimum Gasteiger partial charge on any atom is -0.375 e. The first-order chi connectivity index (χ1) is 12.8. The predicted molar refractivity (Wildman–Crippen MR) is 95.1 cm³/mol. The zero-order valence-electron chi connectivity index (χ0n) is 14.8. The van der Waals surface area contributed by atoms with E-state index in [1.165, 1.54) is 19.2 Å². The van der Waals surface area contributed by atoms with Crippen molar-refractivity contribution in [2.24, 2.45) is 0 Å². The third-order valence-corrected chi connectivity index (χ3v) is 5.03. The van der Waals surface area contributed by atoms with Crippen LogP contribution < -0.4 is 0 Å². The summed E-state index contributed by atoms with van der Waals surface area (Å²) in [4.78, 5) is 17.3. The van der Waals surface area contributed by atoms with Gasteiger partial charge in [-0.2, -0.15) is 0 Å². The van der Waals surface area contributed by atoms with Crippen molar-refractivity contribution in [3.05, 3.63) is 36.2 Å². The molecule has 8 nitrogen and oxygen atoms in total. The summed E-state index contributed by atoms with van der Waals surface area (Å²) in [6.45, 7) is 5.33. The van der Waals surface area contributed by atoms with E-state index in [1.807, 2.05) is 29.2 Å². The van der Waals surface area contributed by atoms with Gasteiger partial charge in [-0.1, -0.05) is 0 Å². The number of likely N-dealkylation sites (tertiary alicyclic amines) is 1. The molecule has 26 heavy (non-hydrogen) atoms. The molecule has 8 heteroatoms. The van der Waals surface area contributed by atoms with Crippen LogP contribution in [-0.4, -0.2) is 81.3 Å². The molecule has 1 aromatic heterocycles. The van der Waals surface area contributed by atoms with E-state index in [4.69, 9.17) is 4.74 Å². The van der Waals surface area contributed by atoms with Gasteiger partial charge in [0, 0.05) is 31.8 Å². The molecule has 0 unspecified atom stereocenters. The van der Waals surface area contributed by atoms with Crippen molar-refractivity contribution in [2.75, 3.05) is 39.3 Å². The summed E-state index contributed by atoms with van der Waals surface area (Å²) in [5.74, 6) is 0.0604. The predicted octanol–water partition coefficient (Wildman–Crippen LogP) is 0.989. The van der Waals surface area contributed by atoms with Crippen LogP contribution in [0.4, 0.5) is 0 Å². The van der Waals surface area contributed by atoms with Gasteiger partial charge in [0.25, 0.3) is 5.91 Å². The first kappa shape index (κ1) is 17.1. The number of nitrogens with zero attached hydrogens (tertiary/aromatic N) is 6. The van der Waals surface area contributed by atoms with Gasteiger partial charge in [-0.15, -0.1) is 5.10 Å². The molecular formula is C18H24N6O2. The number of aromatic nitrogens is 4. The number of amides is 1. The van der Waals surface area contributed by atoms with Crippen LogP contribution in [0.25, 0.3) is 5.69 Å². The molecule has 0 N–H and O–H groups in total. The van der Waals surface area contributed by atoms with Crippen molar-refractivity contribution in [2.45, 2.75) is 25.4 Å². The van der Waals surface area contributed by atoms with E-state index in [1.54, 1.807) is 4.68 Å². The number of rotatable bonds is 4. The summed E-state index contributed by atoms with van der Waals surface area (Å²) >= 11 is 0. The van der Waals surface area contributed by atoms with E-state index < -0.39 is 0 Å². The van der Waals surface area contributed by atoms with Crippen molar-refractivity contribution in [1.29, 1.82) is 0 Å². The second kappa shape index (κ2) is 7.92. The topological polar surface area (TPSA) is 76.4 Å². The molecule has 1 amide bonds. The van der Waals surface area contributed by atoms with Crippen LogP contribution >= 0.6 is 0 Å². The van der Waals surface area contributed by atoms with E-state index in [9.17, 15) is 4.79 Å². The Bertz CT molecular complexity index is 712. The smallest absolute Gasteiger partial charge is 0.253 e. The van der Waals surface area contributed by atoms with Gasteiger partial charge in [0.1, 0.15) is 6.33 Å². The van der Waals surface area contributed by atoms with Crippen LogP contribution in [0.1, 0.15) is 29.6 Å². The number of ether oxygens (including phenoxy) is 1. The molecular weight excluding hydrogens is 332 g/mol. The molecule has 0 saturated carbocycles. The highest BCUT2D eigenvalue weighted by atomic mass is 16.5. The number of tetrazole rings is 1. The average molecular weight is 356 g/mol. The fourth-order valence-corrected chi connectivity index (χ4v) is 3.66. The Morgan fingerprint density at radius 2 is 1.92 bits per heavy atom. The Morgan fingerprint density at radius 1 is 1.12 bits per heavy atom. The Balaban J connectivity index is 1.42. The van der Waals surface area contributed by atoms with E-state index in [0.29, 0.717) is 12.1 Å². The molecule has 4 rings (SSSR count). The fourth-order valence-electron chi connectivity index (χ4n) is 3.66. The third kappa shape index (κ3) is 3.91. The van der Waals surface area contributed by atoms with Gasteiger partial charge < -0.3 is 14.5 Å². The summed E-state index contributed by atoms with van der Waals surface area (Å²) in [5.41, 5.74) is 1.52. The lowest BCUT2D eigenvalue weighted by Gasteiger charge is -2.27. The average Bonchev–Trinajstić information content (AvgIpc) is 3.33. The third-order valence-electron chi connectivity index (χ3n) is 5.03. The molecule has 2 saturated heterocycles. The molecule has 0 aliphatic carbocycles. The van der Waals surface area contributed by atoms with Crippen LogP contribution in [0, 0.1) is 0 Å². The maximum absolute atomic E-state index is 12.9. The minimum absolute atomic E-state index is 0.0604. The first-order valence-electron chi connectivity index (χ1n) is 9.26. The number of hydrogen-bond donors (Lipinski definition) is 0. The molecule has 0 spiro atoms. The lowest BCUT2D eigenvalue weighted by molar-refractivity contribution is 0.0297. The summed E-state index contributed by atoms with van der Waals surface area (Å²) in [5, 5.41) is 11.1. The molecule has 2 aliphatic heterocycles. The van der Waals surface area contributed by atoms with Crippen LogP contribution in [0.2, 0.25) is 0 Å². The van der Waals surface area contributed by atoms with E-state index in [2.05, 4.69) is 20.4 Å². The van der Waals surface area contributed by atoms with Gasteiger partial charge >= 0.3 is 0 Å². The Hall–Kier alpha value is -2.32. The SMILES string of the molecule is O=C(c1ccc(-n2cnnn2)cc1)N1CCCO[C@H](CN2CCCC2)C1. The normalized spacial score (nSPS) is 21.7. The summed E-state index contributed by atoms with van der Waals surface area (Å²) in [7, 11) is 0. The maximum Gasteiger partial charge on any atom is 0.253 e. The van der Waals surface area contributed by atoms with Crippen LogP contribution in [0.3, 0.4) is 0 Å². The molecule has 0 bridgehead atoms. The second-order valence-electron chi connectivity index (χ2n) is 6.91. The van der Waals surface area contributed by atoms with E-state index in [-0.39, 0.29) is 12.0 Å². The highest BCUT2D eigenvalue weighted by Crippen LogP contribution is 2.16. The summed E-state index contributed by atoms with van der Waals surface area (Å²) < 4.78 is 7.56. The molecule has 2 fully saturated rings. The summed E-state index contributed by atoms with van der Waals surface area (Å²) in [6.07, 6.45) is 5.04. The van der Waals surface area contributed by atoms with Crippen molar-refractivity contribution >= 4 is 5.91 Å². The number of carbonyl (C=O) groups excluding carboxylic acids is 1. The van der Waals surface area contributed by atoms with Gasteiger partial charge in [-0.3, -0.25) is 4.79 Å². The van der Waals surface area contributed by atoms with Gasteiger partial charge in [-0.25, -0.2) is 4.68 Å². The lowest BCUT2D eigenvalue weighted by atomic mass is 10.1. The van der Waals surface area contributed by atoms with Crippen LogP contribution in [0.5, 0.6) is 0 Å². The molecule has 3 heterocycles. The number of hydrogen-bond acceptors (Lipinski definition) is 6. The Morgan fingerprint density at radius 3 is 2.65 bits per heavy atom. The maximum atomic E-state index is 12.9. The van der Waals surface area contributed by atoms with Crippen molar-refractivity contribution in [1.82, 2.24) is 30.0 Å². The van der Waals surface area contributed by atoms with Crippen LogP contribution in [0.15, 0.2) is 30.6 Å². The van der Waals surface area contributed by atoms with E-state index in [0.717, 1.165) is 44.9 Å². The van der Waals surface area contributed by atoms with Crippen molar-refractivity contribution < 1.29 is 9.53 Å². The standard InChI is InChI=1S/C18H24N6O2/c25-18(15-4-6-16(7-5-15)24-14-19-20-21-24)23-10-3-11-26-17(13-23)12-22-8-1-2-9-22/h4-7,14,17H,1-3,8-13H2/t17-/m1/s1. The molecule has 0 radical (unpaired) electrons. The highest BCUT2D eigenvalue weighted by molar-refractivity contribution is 5.94. The Kier molecular flexibility index (Phi) is 5.21. The number of carbonyl (C=O) groups is 1. The molecule has 2 aliphatic rings. The Labute approximate surface area is 152 Å². The fraction of sp³-hybridized carbons (Fsp3) is 0.556. The number of benzene rings is 1. The van der Waals surface area contributed by atoms with Gasteiger partial charge in [0.15, 0.2) is 0 Å². The largest absolute Gasteiger partial charge is 0.375 e. The molecule has 1 atom stereocenters. The second-order valence-corrected chi connectivity index (χ2v) is 6.91. The first-order valence-corrected chi connectivity index (χ1v) is 9.26. The zero-order chi connectivity index (χ0) is 17.8. The van der Waals surface area contributed by atoms with E-state index >= 15 is 0 Å². The van der Waals surface area contributed by atoms with Gasteiger partial charge in [-0.05, 0) is 67.0 Å². The highest BCUT2D eigenvalue weighted by Gasteiger charge is 2.26. The molecule has 138 valence electrons. The van der Waals surface area contributed by atoms with Crippen LogP contribution in [-0.2, 0) is 4.74 Å². The van der Waals surface area contributed by atoms with Gasteiger partial charge in [0.05, 0.1) is 11.8 Å². The minimum atomic E-state index is 0.0604. The lowest BCUT2D eigenvalue weighted by Crippen LogP contribution is -2.41. The van der Waals surface area contributed by atoms with Gasteiger partial charge in [0.2, 0.25) is 0 Å². The van der Waals surface area contributed by atoms with Crippen molar-refractivity contribution in [3.63, 3.8) is 0 Å². The molecule has 1 aromatic carbocycles. The monoisotopic (exact) mass is 356 g/mol. The quantitative estimate of drug-likeness (QED) is 0.813.